The second-order valence-electron chi connectivity index (χ2n) is 10.9. The molecule has 4 aromatic rings. The van der Waals surface area contributed by atoms with Crippen LogP contribution in [0.25, 0.3) is 22.0 Å². The first-order chi connectivity index (χ1) is 19.5. The maximum atomic E-state index is 13.9. The van der Waals surface area contributed by atoms with E-state index in [2.05, 4.69) is 15.3 Å². The van der Waals surface area contributed by atoms with Crippen molar-refractivity contribution in [2.24, 2.45) is 11.1 Å². The van der Waals surface area contributed by atoms with Crippen molar-refractivity contribution in [3.63, 3.8) is 0 Å². The van der Waals surface area contributed by atoms with E-state index in [4.69, 9.17) is 50.0 Å². The molecule has 2 aromatic heterocycles. The number of anilines is 1. The van der Waals surface area contributed by atoms with E-state index in [1.165, 1.54) is 11.3 Å². The number of amides is 1. The van der Waals surface area contributed by atoms with Crippen LogP contribution >= 0.6 is 46.1 Å². The van der Waals surface area contributed by atoms with Crippen molar-refractivity contribution in [1.82, 2.24) is 14.9 Å². The molecular formula is C29H30Cl3N5O3S. The monoisotopic (exact) mass is 633 g/mol. The summed E-state index contributed by atoms with van der Waals surface area (Å²) >= 11 is 20.4. The molecule has 0 bridgehead atoms. The van der Waals surface area contributed by atoms with Crippen molar-refractivity contribution in [3.8, 4) is 22.9 Å². The molecule has 12 heteroatoms. The normalized spacial score (nSPS) is 18.0. The summed E-state index contributed by atoms with van der Waals surface area (Å²) in [6.07, 6.45) is 1.18. The summed E-state index contributed by atoms with van der Waals surface area (Å²) in [5.74, 6) is 0.887. The van der Waals surface area contributed by atoms with Gasteiger partial charge in [-0.3, -0.25) is 4.79 Å². The molecule has 1 aliphatic heterocycles. The summed E-state index contributed by atoms with van der Waals surface area (Å²) in [5, 5.41) is 8.91. The molecule has 3 heterocycles. The van der Waals surface area contributed by atoms with Crippen LogP contribution in [-0.4, -0.2) is 52.7 Å². The number of thiazole rings is 1. The molecule has 5 rings (SSSR count). The highest BCUT2D eigenvalue weighted by molar-refractivity contribution is 7.14. The van der Waals surface area contributed by atoms with Gasteiger partial charge in [-0.25, -0.2) is 9.97 Å². The van der Waals surface area contributed by atoms with Gasteiger partial charge in [-0.15, -0.1) is 11.3 Å². The third kappa shape index (κ3) is 6.20. The third-order valence-corrected chi connectivity index (χ3v) is 8.61. The number of hydrogen-bond acceptors (Lipinski definition) is 8. The molecule has 1 aliphatic rings. The van der Waals surface area contributed by atoms with E-state index in [-0.39, 0.29) is 12.0 Å². The first-order valence-electron chi connectivity index (χ1n) is 13.0. The predicted molar refractivity (Wildman–Crippen MR) is 166 cm³/mol. The van der Waals surface area contributed by atoms with E-state index in [0.717, 1.165) is 10.8 Å². The van der Waals surface area contributed by atoms with E-state index >= 15 is 0 Å². The Balaban J connectivity index is 1.35. The number of benzene rings is 2. The number of halogens is 3. The zero-order valence-electron chi connectivity index (χ0n) is 23.0. The number of fused-ring (bicyclic) bond motifs is 1. The summed E-state index contributed by atoms with van der Waals surface area (Å²) in [6, 6.07) is 10.2. The fourth-order valence-corrected chi connectivity index (χ4v) is 6.37. The van der Waals surface area contributed by atoms with Gasteiger partial charge in [0.25, 0.3) is 0 Å². The number of rotatable bonds is 7. The van der Waals surface area contributed by atoms with Gasteiger partial charge in [-0.2, -0.15) is 0 Å². The lowest BCUT2D eigenvalue weighted by Gasteiger charge is -2.34. The molecule has 0 spiro atoms. The molecule has 1 saturated heterocycles. The van der Waals surface area contributed by atoms with Gasteiger partial charge in [0, 0.05) is 33.2 Å². The van der Waals surface area contributed by atoms with Crippen LogP contribution in [0.15, 0.2) is 48.0 Å². The average Bonchev–Trinajstić information content (AvgIpc) is 3.52. The molecule has 216 valence electrons. The van der Waals surface area contributed by atoms with Gasteiger partial charge in [-0.1, -0.05) is 61.6 Å². The van der Waals surface area contributed by atoms with Crippen molar-refractivity contribution in [3.05, 3.63) is 63.0 Å². The second kappa shape index (κ2) is 11.8. The van der Waals surface area contributed by atoms with Gasteiger partial charge in [0.15, 0.2) is 5.13 Å². The molecule has 2 aromatic carbocycles. The van der Waals surface area contributed by atoms with Crippen molar-refractivity contribution in [1.29, 1.82) is 0 Å². The summed E-state index contributed by atoms with van der Waals surface area (Å²) < 4.78 is 11.7. The second-order valence-corrected chi connectivity index (χ2v) is 13.0. The fourth-order valence-electron chi connectivity index (χ4n) is 4.88. The lowest BCUT2D eigenvalue weighted by atomic mass is 9.86. The number of hydrogen-bond donors (Lipinski definition) is 2. The van der Waals surface area contributed by atoms with Crippen LogP contribution in [-0.2, 0) is 4.79 Å². The van der Waals surface area contributed by atoms with Gasteiger partial charge in [0.05, 0.1) is 41.8 Å². The van der Waals surface area contributed by atoms with E-state index < -0.39 is 17.6 Å². The highest BCUT2D eigenvalue weighted by atomic mass is 35.5. The maximum absolute atomic E-state index is 13.9. The molecule has 0 radical (unpaired) electrons. The van der Waals surface area contributed by atoms with E-state index in [0.29, 0.717) is 56.1 Å². The lowest BCUT2D eigenvalue weighted by Crippen LogP contribution is -2.53. The van der Waals surface area contributed by atoms with Crippen molar-refractivity contribution in [2.45, 2.75) is 45.5 Å². The molecule has 3 atom stereocenters. The summed E-state index contributed by atoms with van der Waals surface area (Å²) in [7, 11) is 1.59. The molecule has 1 fully saturated rings. The first kappa shape index (κ1) is 29.7. The minimum absolute atomic E-state index is 0.140. The van der Waals surface area contributed by atoms with E-state index in [1.54, 1.807) is 48.5 Å². The van der Waals surface area contributed by atoms with Crippen LogP contribution in [0.5, 0.6) is 11.6 Å². The Kier molecular flexibility index (Phi) is 8.55. The highest BCUT2D eigenvalue weighted by Crippen LogP contribution is 2.38. The van der Waals surface area contributed by atoms with E-state index in [1.807, 2.05) is 32.2 Å². The Labute approximate surface area is 257 Å². The molecule has 3 N–H and O–H groups in total. The van der Waals surface area contributed by atoms with Crippen LogP contribution in [0, 0.1) is 5.41 Å². The van der Waals surface area contributed by atoms with Gasteiger partial charge < -0.3 is 25.4 Å². The van der Waals surface area contributed by atoms with Gasteiger partial charge in [0.1, 0.15) is 17.9 Å². The van der Waals surface area contributed by atoms with Crippen molar-refractivity contribution in [2.75, 3.05) is 19.0 Å². The Bertz CT molecular complexity index is 1570. The number of carbonyl (C=O) groups is 1. The van der Waals surface area contributed by atoms with Crippen LogP contribution in [0.3, 0.4) is 0 Å². The topological polar surface area (TPSA) is 103 Å². The number of nitrogens with one attached hydrogen (secondary N) is 1. The van der Waals surface area contributed by atoms with Crippen LogP contribution in [0.4, 0.5) is 5.13 Å². The third-order valence-electron chi connectivity index (χ3n) is 6.97. The highest BCUT2D eigenvalue weighted by Gasteiger charge is 2.42. The molecule has 1 unspecified atom stereocenters. The lowest BCUT2D eigenvalue weighted by molar-refractivity contribution is -0.135. The number of carbonyl (C=O) groups excluding carboxylic acids is 1. The Morgan fingerprint density at radius 1 is 1.17 bits per heavy atom. The fraction of sp³-hybridized carbons (Fsp3) is 0.345. The maximum Gasteiger partial charge on any atom is 0.247 e. The summed E-state index contributed by atoms with van der Waals surface area (Å²) in [4.78, 5) is 24.7. The molecule has 0 saturated carbocycles. The minimum Gasteiger partial charge on any atom is -0.494 e. The summed E-state index contributed by atoms with van der Waals surface area (Å²) in [5.41, 5.74) is 7.33. The number of nitrogens with two attached hydrogens (primary N) is 1. The van der Waals surface area contributed by atoms with Crippen LogP contribution < -0.4 is 20.5 Å². The zero-order chi connectivity index (χ0) is 29.5. The first-order valence-corrected chi connectivity index (χ1v) is 15.0. The molecular weight excluding hydrogens is 605 g/mol. The number of methoxy groups -OCH3 is 1. The van der Waals surface area contributed by atoms with Crippen LogP contribution in [0.1, 0.15) is 27.2 Å². The zero-order valence-corrected chi connectivity index (χ0v) is 26.0. The molecule has 0 aliphatic carbocycles. The Morgan fingerprint density at radius 3 is 2.59 bits per heavy atom. The average molecular weight is 635 g/mol. The Morgan fingerprint density at radius 2 is 1.90 bits per heavy atom. The quantitative estimate of drug-likeness (QED) is 0.223. The predicted octanol–water partition coefficient (Wildman–Crippen LogP) is 7.12. The minimum atomic E-state index is -0.605. The molecule has 8 nitrogen and oxygen atoms in total. The number of aromatic nitrogens is 2. The number of nitrogens with zero attached hydrogens (tertiary/aromatic N) is 3. The van der Waals surface area contributed by atoms with Crippen molar-refractivity contribution < 1.29 is 14.3 Å². The number of pyridine rings is 1. The Hall–Kier alpha value is -2.82. The van der Waals surface area contributed by atoms with Crippen molar-refractivity contribution >= 4 is 68.0 Å². The van der Waals surface area contributed by atoms with Gasteiger partial charge in [0.2, 0.25) is 11.8 Å². The largest absolute Gasteiger partial charge is 0.494 e. The smallest absolute Gasteiger partial charge is 0.247 e. The van der Waals surface area contributed by atoms with Gasteiger partial charge >= 0.3 is 0 Å². The molecule has 41 heavy (non-hydrogen) atoms. The van der Waals surface area contributed by atoms with Crippen LogP contribution in [0.2, 0.25) is 15.1 Å². The van der Waals surface area contributed by atoms with Gasteiger partial charge in [-0.05, 0) is 35.7 Å². The SMILES string of the molecule is COc1cnc(O[C@@H]2CC(N)N(C(=O)[C@@H](Nc3nc(-c4c(Cl)cccc4Cl)cs3)C(C)(C)C)C2)c2cc(Cl)ccc12. The van der Waals surface area contributed by atoms with E-state index in [9.17, 15) is 4.79 Å². The standard InChI is InChI=1S/C29H30Cl3N5O3S/c1-29(2,3)25(36-28-35-21(14-41-28)24-19(31)6-5-7-20(24)32)27(38)37-13-16(11-23(37)33)40-26-18-10-15(30)8-9-17(18)22(39-4)12-34-26/h5-10,12,14,16,23,25H,11,13,33H2,1-4H3,(H,35,36)/t16-,23?,25-/m1/s1. The number of ether oxygens (including phenoxy) is 2. The summed E-state index contributed by atoms with van der Waals surface area (Å²) in [6.45, 7) is 6.29. The number of likely N-dealkylation sites (tertiary alicyclic amines) is 1. The molecule has 1 amide bonds.